The zero-order chi connectivity index (χ0) is 9.10. The molecule has 0 saturated carbocycles. The van der Waals surface area contributed by atoms with Crippen molar-refractivity contribution in [1.82, 2.24) is 10.2 Å². The van der Waals surface area contributed by atoms with Gasteiger partial charge >= 0.3 is 0 Å². The molecule has 1 aromatic heterocycles. The largest absolute Gasteiger partial charge is 0.372 e. The predicted molar refractivity (Wildman–Crippen MR) is 47.4 cm³/mol. The number of hydrogen-bond donors (Lipinski definition) is 1. The van der Waals surface area contributed by atoms with Gasteiger partial charge in [0.25, 0.3) is 5.56 Å². The third-order valence-electron chi connectivity index (χ3n) is 2.21. The van der Waals surface area contributed by atoms with Gasteiger partial charge in [-0.05, 0) is 25.3 Å². The van der Waals surface area contributed by atoms with E-state index in [0.717, 1.165) is 25.1 Å². The number of rotatable bonds is 1. The smallest absolute Gasteiger partial charge is 0.264 e. The maximum atomic E-state index is 10.7. The van der Waals surface area contributed by atoms with E-state index in [1.165, 1.54) is 12.5 Å². The topological polar surface area (TPSA) is 55.0 Å². The average Bonchev–Trinajstić information content (AvgIpc) is 2.20. The third-order valence-corrected chi connectivity index (χ3v) is 2.21. The van der Waals surface area contributed by atoms with Gasteiger partial charge in [-0.3, -0.25) is 4.79 Å². The van der Waals surface area contributed by atoms with Crippen molar-refractivity contribution in [2.75, 3.05) is 6.61 Å². The Bertz CT molecular complexity index is 308. The summed E-state index contributed by atoms with van der Waals surface area (Å²) >= 11 is 0. The number of H-pyrrole nitrogens is 1. The molecule has 1 aromatic rings. The minimum Gasteiger partial charge on any atom is -0.372 e. The first-order chi connectivity index (χ1) is 6.36. The lowest BCUT2D eigenvalue weighted by Crippen LogP contribution is -2.16. The van der Waals surface area contributed by atoms with Crippen molar-refractivity contribution in [2.24, 2.45) is 0 Å². The lowest BCUT2D eigenvalue weighted by atomic mass is 10.1. The number of aromatic amines is 1. The Labute approximate surface area is 75.9 Å². The second-order valence-corrected chi connectivity index (χ2v) is 3.20. The Morgan fingerprint density at radius 1 is 1.46 bits per heavy atom. The van der Waals surface area contributed by atoms with E-state index in [-0.39, 0.29) is 11.7 Å². The van der Waals surface area contributed by atoms with Gasteiger partial charge in [0.15, 0.2) is 0 Å². The number of hydrogen-bond acceptors (Lipinski definition) is 3. The number of nitrogens with one attached hydrogen (secondary N) is 1. The van der Waals surface area contributed by atoms with Gasteiger partial charge in [-0.1, -0.05) is 0 Å². The first-order valence-electron chi connectivity index (χ1n) is 4.53. The summed E-state index contributed by atoms with van der Waals surface area (Å²) in [5, 5.41) is 6.35. The van der Waals surface area contributed by atoms with Gasteiger partial charge < -0.3 is 4.74 Å². The normalized spacial score (nSPS) is 22.9. The Morgan fingerprint density at radius 2 is 2.38 bits per heavy atom. The molecule has 1 aliphatic heterocycles. The molecule has 2 heterocycles. The van der Waals surface area contributed by atoms with Gasteiger partial charge in [0, 0.05) is 12.7 Å². The van der Waals surface area contributed by atoms with Crippen LogP contribution in [0, 0.1) is 0 Å². The van der Waals surface area contributed by atoms with Gasteiger partial charge in [0.05, 0.1) is 5.69 Å². The molecule has 70 valence electrons. The van der Waals surface area contributed by atoms with E-state index in [9.17, 15) is 4.79 Å². The van der Waals surface area contributed by atoms with Gasteiger partial charge in [0.2, 0.25) is 0 Å². The lowest BCUT2D eigenvalue weighted by Gasteiger charge is -2.21. The van der Waals surface area contributed by atoms with E-state index in [4.69, 9.17) is 4.74 Å². The molecule has 1 atom stereocenters. The van der Waals surface area contributed by atoms with Crippen LogP contribution in [0.3, 0.4) is 0 Å². The van der Waals surface area contributed by atoms with Crippen LogP contribution in [0.25, 0.3) is 0 Å². The molecule has 0 amide bonds. The van der Waals surface area contributed by atoms with Crippen LogP contribution in [-0.4, -0.2) is 16.8 Å². The molecule has 1 N–H and O–H groups in total. The highest BCUT2D eigenvalue weighted by atomic mass is 16.5. The monoisotopic (exact) mass is 180 g/mol. The summed E-state index contributed by atoms with van der Waals surface area (Å²) in [6.07, 6.45) is 3.37. The van der Waals surface area contributed by atoms with E-state index in [1.54, 1.807) is 6.07 Å². The second kappa shape index (κ2) is 3.70. The Morgan fingerprint density at radius 3 is 3.00 bits per heavy atom. The summed E-state index contributed by atoms with van der Waals surface area (Å²) in [4.78, 5) is 10.7. The van der Waals surface area contributed by atoms with E-state index < -0.39 is 0 Å². The molecule has 0 aromatic carbocycles. The molecule has 13 heavy (non-hydrogen) atoms. The van der Waals surface area contributed by atoms with Gasteiger partial charge in [-0.25, -0.2) is 5.10 Å². The van der Waals surface area contributed by atoms with E-state index in [0.29, 0.717) is 0 Å². The van der Waals surface area contributed by atoms with Crippen LogP contribution in [0.2, 0.25) is 0 Å². The van der Waals surface area contributed by atoms with Crippen LogP contribution in [0.1, 0.15) is 31.1 Å². The molecule has 1 saturated heterocycles. The van der Waals surface area contributed by atoms with Crippen molar-refractivity contribution in [3.63, 3.8) is 0 Å². The highest BCUT2D eigenvalue weighted by molar-refractivity contribution is 5.03. The summed E-state index contributed by atoms with van der Waals surface area (Å²) in [6, 6.07) is 3.22. The Kier molecular flexibility index (Phi) is 2.40. The molecular formula is C9H12N2O2. The van der Waals surface area contributed by atoms with Crippen LogP contribution >= 0.6 is 0 Å². The molecule has 0 bridgehead atoms. The maximum Gasteiger partial charge on any atom is 0.264 e. The molecule has 0 spiro atoms. The SMILES string of the molecule is O=c1ccc(C2CCCCO2)n[nH]1. The molecule has 1 aliphatic rings. The number of nitrogens with zero attached hydrogens (tertiary/aromatic N) is 1. The van der Waals surface area contributed by atoms with Crippen LogP contribution in [-0.2, 0) is 4.74 Å². The fourth-order valence-corrected chi connectivity index (χ4v) is 1.51. The minimum absolute atomic E-state index is 0.0746. The first kappa shape index (κ1) is 8.44. The minimum atomic E-state index is -0.167. The van der Waals surface area contributed by atoms with Crippen LogP contribution in [0.15, 0.2) is 16.9 Å². The molecule has 0 radical (unpaired) electrons. The Balaban J connectivity index is 2.14. The summed E-state index contributed by atoms with van der Waals surface area (Å²) in [5.41, 5.74) is 0.666. The van der Waals surface area contributed by atoms with Gasteiger partial charge in [-0.2, -0.15) is 5.10 Å². The molecular weight excluding hydrogens is 168 g/mol. The van der Waals surface area contributed by atoms with Crippen molar-refractivity contribution >= 4 is 0 Å². The summed E-state index contributed by atoms with van der Waals surface area (Å²) in [7, 11) is 0. The van der Waals surface area contributed by atoms with E-state index in [2.05, 4.69) is 10.2 Å². The molecule has 0 aliphatic carbocycles. The number of aromatic nitrogens is 2. The fraction of sp³-hybridized carbons (Fsp3) is 0.556. The standard InChI is InChI=1S/C9H12N2O2/c12-9-5-4-7(10-11-9)8-3-1-2-6-13-8/h4-5,8H,1-3,6H2,(H,11,12). The van der Waals surface area contributed by atoms with Crippen LogP contribution in [0.4, 0.5) is 0 Å². The highest BCUT2D eigenvalue weighted by Crippen LogP contribution is 2.25. The third kappa shape index (κ3) is 1.95. The van der Waals surface area contributed by atoms with Crippen LogP contribution < -0.4 is 5.56 Å². The van der Waals surface area contributed by atoms with Crippen molar-refractivity contribution < 1.29 is 4.74 Å². The Hall–Kier alpha value is -1.16. The van der Waals surface area contributed by atoms with Crippen LogP contribution in [0.5, 0.6) is 0 Å². The highest BCUT2D eigenvalue weighted by Gasteiger charge is 2.16. The zero-order valence-corrected chi connectivity index (χ0v) is 7.32. The number of ether oxygens (including phenoxy) is 1. The van der Waals surface area contributed by atoms with Crippen molar-refractivity contribution in [2.45, 2.75) is 25.4 Å². The van der Waals surface area contributed by atoms with Gasteiger partial charge in [-0.15, -0.1) is 0 Å². The fourth-order valence-electron chi connectivity index (χ4n) is 1.51. The predicted octanol–water partition coefficient (Wildman–Crippen LogP) is 1.01. The molecule has 4 nitrogen and oxygen atoms in total. The summed E-state index contributed by atoms with van der Waals surface area (Å²) in [6.45, 7) is 0.797. The zero-order valence-electron chi connectivity index (χ0n) is 7.32. The summed E-state index contributed by atoms with van der Waals surface area (Å²) in [5.74, 6) is 0. The van der Waals surface area contributed by atoms with Crippen molar-refractivity contribution in [1.29, 1.82) is 0 Å². The van der Waals surface area contributed by atoms with Crippen molar-refractivity contribution in [3.05, 3.63) is 28.2 Å². The molecule has 2 rings (SSSR count). The second-order valence-electron chi connectivity index (χ2n) is 3.20. The van der Waals surface area contributed by atoms with E-state index in [1.807, 2.05) is 0 Å². The lowest BCUT2D eigenvalue weighted by molar-refractivity contribution is 0.0117. The van der Waals surface area contributed by atoms with Gasteiger partial charge in [0.1, 0.15) is 6.10 Å². The average molecular weight is 180 g/mol. The summed E-state index contributed by atoms with van der Waals surface area (Å²) < 4.78 is 5.52. The maximum absolute atomic E-state index is 10.7. The quantitative estimate of drug-likeness (QED) is 0.701. The van der Waals surface area contributed by atoms with E-state index >= 15 is 0 Å². The first-order valence-corrected chi connectivity index (χ1v) is 4.53. The van der Waals surface area contributed by atoms with Crippen molar-refractivity contribution in [3.8, 4) is 0 Å². The molecule has 1 unspecified atom stereocenters. The molecule has 1 fully saturated rings. The molecule has 4 heteroatoms.